The van der Waals surface area contributed by atoms with Crippen molar-refractivity contribution in [2.45, 2.75) is 24.4 Å². The molecule has 0 amide bonds. The van der Waals surface area contributed by atoms with Crippen molar-refractivity contribution in [2.75, 3.05) is 19.8 Å². The first-order valence-corrected chi connectivity index (χ1v) is 4.52. The van der Waals surface area contributed by atoms with Gasteiger partial charge in [-0.1, -0.05) is 0 Å². The zero-order valence-corrected chi connectivity index (χ0v) is 7.10. The molecule has 0 radical (unpaired) electrons. The maximum atomic E-state index is 10.8. The van der Waals surface area contributed by atoms with Gasteiger partial charge in [0.2, 0.25) is 0 Å². The smallest absolute Gasteiger partial charge is 0.138 e. The highest BCUT2D eigenvalue weighted by molar-refractivity contribution is 5.61. The van der Waals surface area contributed by atoms with Gasteiger partial charge >= 0.3 is 0 Å². The van der Waals surface area contributed by atoms with Gasteiger partial charge in [-0.3, -0.25) is 10.6 Å². The van der Waals surface area contributed by atoms with E-state index >= 15 is 0 Å². The van der Waals surface area contributed by atoms with E-state index in [0.717, 1.165) is 38.9 Å². The molecule has 4 nitrogen and oxygen atoms in total. The fourth-order valence-corrected chi connectivity index (χ4v) is 2.18. The van der Waals surface area contributed by atoms with Crippen molar-refractivity contribution in [3.05, 3.63) is 0 Å². The Morgan fingerprint density at radius 1 is 1.33 bits per heavy atom. The summed E-state index contributed by atoms with van der Waals surface area (Å²) < 4.78 is 0. The third-order valence-corrected chi connectivity index (χ3v) is 2.99. The van der Waals surface area contributed by atoms with Gasteiger partial charge in [-0.25, -0.2) is 0 Å². The molecular formula is C8H15N3O. The van der Waals surface area contributed by atoms with Gasteiger partial charge in [0.25, 0.3) is 0 Å². The van der Waals surface area contributed by atoms with Gasteiger partial charge in [0.05, 0.1) is 6.04 Å². The third-order valence-electron chi connectivity index (χ3n) is 2.99. The molecule has 2 aliphatic heterocycles. The molecular weight excluding hydrogens is 154 g/mol. The first kappa shape index (κ1) is 8.16. The van der Waals surface area contributed by atoms with Crippen LogP contribution in [0.2, 0.25) is 0 Å². The highest BCUT2D eigenvalue weighted by Crippen LogP contribution is 2.24. The van der Waals surface area contributed by atoms with E-state index in [-0.39, 0.29) is 11.6 Å². The van der Waals surface area contributed by atoms with Crippen LogP contribution in [0.5, 0.6) is 0 Å². The minimum atomic E-state index is 0.0135. The summed E-state index contributed by atoms with van der Waals surface area (Å²) in [6.45, 7) is 2.79. The summed E-state index contributed by atoms with van der Waals surface area (Å²) in [5.74, 6) is 0. The van der Waals surface area contributed by atoms with Crippen molar-refractivity contribution in [3.8, 4) is 0 Å². The van der Waals surface area contributed by atoms with Crippen LogP contribution >= 0.6 is 0 Å². The fourth-order valence-electron chi connectivity index (χ4n) is 2.18. The minimum absolute atomic E-state index is 0.0135. The SMILES string of the molecule is O=CC1NCNC12CCNCC2. The molecule has 1 unspecified atom stereocenters. The molecule has 1 atom stereocenters. The fraction of sp³-hybridized carbons (Fsp3) is 0.875. The summed E-state index contributed by atoms with van der Waals surface area (Å²) in [6, 6.07) is 0.0135. The van der Waals surface area contributed by atoms with Crippen molar-refractivity contribution < 1.29 is 4.79 Å². The van der Waals surface area contributed by atoms with Crippen LogP contribution in [0.25, 0.3) is 0 Å². The average molecular weight is 169 g/mol. The lowest BCUT2D eigenvalue weighted by Gasteiger charge is -2.36. The summed E-state index contributed by atoms with van der Waals surface area (Å²) in [5.41, 5.74) is 0.0486. The summed E-state index contributed by atoms with van der Waals surface area (Å²) >= 11 is 0. The molecule has 2 heterocycles. The lowest BCUT2D eigenvalue weighted by Crippen LogP contribution is -2.56. The molecule has 2 aliphatic rings. The number of piperidine rings is 1. The Bertz CT molecular complexity index is 177. The maximum absolute atomic E-state index is 10.8. The van der Waals surface area contributed by atoms with Crippen LogP contribution in [0.15, 0.2) is 0 Å². The van der Waals surface area contributed by atoms with Crippen molar-refractivity contribution in [1.82, 2.24) is 16.0 Å². The molecule has 68 valence electrons. The van der Waals surface area contributed by atoms with Crippen molar-refractivity contribution in [3.63, 3.8) is 0 Å². The molecule has 3 N–H and O–H groups in total. The quantitative estimate of drug-likeness (QED) is 0.433. The summed E-state index contributed by atoms with van der Waals surface area (Å²) in [6.07, 6.45) is 3.12. The van der Waals surface area contributed by atoms with Gasteiger partial charge < -0.3 is 10.1 Å². The van der Waals surface area contributed by atoms with Gasteiger partial charge in [0.1, 0.15) is 6.29 Å². The van der Waals surface area contributed by atoms with E-state index in [1.165, 1.54) is 0 Å². The van der Waals surface area contributed by atoms with Crippen molar-refractivity contribution in [2.24, 2.45) is 0 Å². The molecule has 0 bridgehead atoms. The van der Waals surface area contributed by atoms with E-state index in [0.29, 0.717) is 0 Å². The summed E-state index contributed by atoms with van der Waals surface area (Å²) in [7, 11) is 0. The molecule has 12 heavy (non-hydrogen) atoms. The highest BCUT2D eigenvalue weighted by atomic mass is 16.1. The Kier molecular flexibility index (Phi) is 2.12. The first-order chi connectivity index (χ1) is 5.87. The molecule has 0 saturated carbocycles. The number of hydrogen-bond acceptors (Lipinski definition) is 4. The standard InChI is InChI=1S/C8H15N3O/c12-5-7-8(11-6-10-7)1-3-9-4-2-8/h5,7,9-11H,1-4,6H2. The van der Waals surface area contributed by atoms with Crippen LogP contribution in [0, 0.1) is 0 Å². The predicted octanol–water partition coefficient (Wildman–Crippen LogP) is -1.17. The summed E-state index contributed by atoms with van der Waals surface area (Å²) in [4.78, 5) is 10.8. The Balaban J connectivity index is 2.10. The van der Waals surface area contributed by atoms with Gasteiger partial charge in [0.15, 0.2) is 0 Å². The maximum Gasteiger partial charge on any atom is 0.138 e. The number of carbonyl (C=O) groups excluding carboxylic acids is 1. The van der Waals surface area contributed by atoms with Crippen LogP contribution in [0.1, 0.15) is 12.8 Å². The molecule has 0 aliphatic carbocycles. The molecule has 0 aromatic rings. The number of hydrogen-bond donors (Lipinski definition) is 3. The van der Waals surface area contributed by atoms with Gasteiger partial charge in [0, 0.05) is 12.2 Å². The lowest BCUT2D eigenvalue weighted by molar-refractivity contribution is -0.110. The minimum Gasteiger partial charge on any atom is -0.317 e. The Morgan fingerprint density at radius 3 is 2.75 bits per heavy atom. The largest absolute Gasteiger partial charge is 0.317 e. The second-order valence-corrected chi connectivity index (χ2v) is 3.58. The number of rotatable bonds is 1. The molecule has 0 aromatic carbocycles. The van der Waals surface area contributed by atoms with Crippen LogP contribution < -0.4 is 16.0 Å². The summed E-state index contributed by atoms with van der Waals surface area (Å²) in [5, 5.41) is 9.85. The molecule has 0 aromatic heterocycles. The van der Waals surface area contributed by atoms with E-state index in [1.54, 1.807) is 0 Å². The molecule has 1 spiro atoms. The van der Waals surface area contributed by atoms with Gasteiger partial charge in [-0.15, -0.1) is 0 Å². The molecule has 2 rings (SSSR count). The first-order valence-electron chi connectivity index (χ1n) is 4.52. The molecule has 2 fully saturated rings. The monoisotopic (exact) mass is 169 g/mol. The third kappa shape index (κ3) is 1.16. The highest BCUT2D eigenvalue weighted by Gasteiger charge is 2.42. The van der Waals surface area contributed by atoms with Gasteiger partial charge in [-0.2, -0.15) is 0 Å². The van der Waals surface area contributed by atoms with E-state index in [4.69, 9.17) is 0 Å². The second-order valence-electron chi connectivity index (χ2n) is 3.58. The molecule has 4 heteroatoms. The zero-order chi connectivity index (χ0) is 8.44. The van der Waals surface area contributed by atoms with Gasteiger partial charge in [-0.05, 0) is 25.9 Å². The van der Waals surface area contributed by atoms with E-state index in [2.05, 4.69) is 16.0 Å². The van der Waals surface area contributed by atoms with Crippen LogP contribution in [-0.2, 0) is 4.79 Å². The van der Waals surface area contributed by atoms with Crippen molar-refractivity contribution in [1.29, 1.82) is 0 Å². The van der Waals surface area contributed by atoms with E-state index in [9.17, 15) is 4.79 Å². The Morgan fingerprint density at radius 2 is 2.08 bits per heavy atom. The van der Waals surface area contributed by atoms with Crippen LogP contribution in [0.3, 0.4) is 0 Å². The predicted molar refractivity (Wildman–Crippen MR) is 45.8 cm³/mol. The normalized spacial score (nSPS) is 33.8. The topological polar surface area (TPSA) is 53.2 Å². The Labute approximate surface area is 72.1 Å². The Hall–Kier alpha value is -0.450. The second kappa shape index (κ2) is 3.12. The van der Waals surface area contributed by atoms with Crippen LogP contribution in [-0.4, -0.2) is 37.6 Å². The number of carbonyl (C=O) groups is 1. The van der Waals surface area contributed by atoms with Crippen molar-refractivity contribution >= 4 is 6.29 Å². The zero-order valence-electron chi connectivity index (χ0n) is 7.10. The lowest BCUT2D eigenvalue weighted by atomic mass is 9.83. The molecule has 2 saturated heterocycles. The number of aldehydes is 1. The number of nitrogens with one attached hydrogen (secondary N) is 3. The van der Waals surface area contributed by atoms with E-state index < -0.39 is 0 Å². The van der Waals surface area contributed by atoms with E-state index in [1.807, 2.05) is 0 Å². The van der Waals surface area contributed by atoms with Crippen LogP contribution in [0.4, 0.5) is 0 Å². The average Bonchev–Trinajstić information content (AvgIpc) is 2.49.